The minimum atomic E-state index is -0.384. The Hall–Kier alpha value is -1.58. The average molecular weight is 457 g/mol. The molecule has 10 heteroatoms. The average Bonchev–Trinajstić information content (AvgIpc) is 2.67. The number of morpholine rings is 1. The van der Waals surface area contributed by atoms with Gasteiger partial charge in [0.05, 0.1) is 22.2 Å². The summed E-state index contributed by atoms with van der Waals surface area (Å²) in [5.74, 6) is -0.187. The number of carbonyl (C=O) groups is 1. The molecule has 0 unspecified atom stereocenters. The third-order valence-electron chi connectivity index (χ3n) is 4.64. The monoisotopic (exact) mass is 456 g/mol. The Labute approximate surface area is 183 Å². The molecule has 0 spiro atoms. The lowest BCUT2D eigenvalue weighted by Crippen LogP contribution is -2.41. The molecule has 2 aromatic rings. The molecule has 1 aromatic carbocycles. The van der Waals surface area contributed by atoms with Gasteiger partial charge in [-0.05, 0) is 30.2 Å². The number of aromatic nitrogens is 2. The van der Waals surface area contributed by atoms with E-state index in [0.717, 1.165) is 24.1 Å². The molecule has 3 rings (SSSR count). The first-order valence-corrected chi connectivity index (χ1v) is 10.6. The maximum atomic E-state index is 12.8. The van der Waals surface area contributed by atoms with Gasteiger partial charge >= 0.3 is 0 Å². The normalized spacial score (nSPS) is 17.3. The smallest absolute Gasteiger partial charge is 0.272 e. The SMILES string of the molecule is CC(=O)NSc1nn(C)c(=O)c([C@H]2CN(Cc3ccc(Cl)c(Cl)c3)CCO2)c1C. The summed E-state index contributed by atoms with van der Waals surface area (Å²) in [5.41, 5.74) is 2.12. The minimum Gasteiger partial charge on any atom is -0.371 e. The van der Waals surface area contributed by atoms with E-state index in [1.54, 1.807) is 13.1 Å². The van der Waals surface area contributed by atoms with E-state index in [4.69, 9.17) is 27.9 Å². The van der Waals surface area contributed by atoms with Crippen molar-refractivity contribution in [1.82, 2.24) is 19.4 Å². The third kappa shape index (κ3) is 5.32. The molecule has 2 heterocycles. The first kappa shape index (κ1) is 22.1. The van der Waals surface area contributed by atoms with E-state index in [-0.39, 0.29) is 17.6 Å². The molecule has 1 fully saturated rings. The van der Waals surface area contributed by atoms with E-state index in [1.165, 1.54) is 11.6 Å². The number of nitrogens with zero attached hydrogens (tertiary/aromatic N) is 3. The highest BCUT2D eigenvalue weighted by Crippen LogP contribution is 2.28. The molecule has 0 saturated carbocycles. The van der Waals surface area contributed by atoms with Crippen LogP contribution in [-0.2, 0) is 23.1 Å². The summed E-state index contributed by atoms with van der Waals surface area (Å²) < 4.78 is 9.89. The van der Waals surface area contributed by atoms with Crippen molar-refractivity contribution in [3.05, 3.63) is 55.3 Å². The lowest BCUT2D eigenvalue weighted by atomic mass is 10.0. The standard InChI is InChI=1S/C19H22Cl2N4O3S/c1-11-17(19(27)24(3)22-18(11)29-23-12(2)26)16-10-25(6-7-28-16)9-13-4-5-14(20)15(21)8-13/h4-5,8,16H,6-7,9-10H2,1-3H3,(H,23,26)/t16-/m1/s1. The zero-order valence-corrected chi connectivity index (χ0v) is 18.7. The number of hydrogen-bond donors (Lipinski definition) is 1. The zero-order chi connectivity index (χ0) is 21.1. The summed E-state index contributed by atoms with van der Waals surface area (Å²) in [6.07, 6.45) is -0.384. The minimum absolute atomic E-state index is 0.187. The van der Waals surface area contributed by atoms with Gasteiger partial charge in [0, 0.05) is 45.6 Å². The van der Waals surface area contributed by atoms with Crippen molar-refractivity contribution >= 4 is 41.1 Å². The van der Waals surface area contributed by atoms with Crippen molar-refractivity contribution < 1.29 is 9.53 Å². The van der Waals surface area contributed by atoms with Crippen LogP contribution in [0.2, 0.25) is 10.0 Å². The van der Waals surface area contributed by atoms with Gasteiger partial charge in [0.25, 0.3) is 5.56 Å². The fourth-order valence-electron chi connectivity index (χ4n) is 3.22. The van der Waals surface area contributed by atoms with Gasteiger partial charge in [0.1, 0.15) is 11.1 Å². The quantitative estimate of drug-likeness (QED) is 0.696. The Balaban J connectivity index is 1.83. The largest absolute Gasteiger partial charge is 0.371 e. The van der Waals surface area contributed by atoms with E-state index in [2.05, 4.69) is 14.7 Å². The maximum Gasteiger partial charge on any atom is 0.272 e. The van der Waals surface area contributed by atoms with E-state index in [1.807, 2.05) is 19.1 Å². The zero-order valence-electron chi connectivity index (χ0n) is 16.4. The van der Waals surface area contributed by atoms with Crippen molar-refractivity contribution in [2.45, 2.75) is 31.5 Å². The number of halogens is 2. The first-order chi connectivity index (χ1) is 13.8. The molecule has 29 heavy (non-hydrogen) atoms. The summed E-state index contributed by atoms with van der Waals surface area (Å²) in [6.45, 7) is 5.74. The molecule has 1 aliphatic rings. The van der Waals surface area contributed by atoms with Gasteiger partial charge in [0.2, 0.25) is 5.91 Å². The molecule has 1 aliphatic heterocycles. The lowest BCUT2D eigenvalue weighted by Gasteiger charge is -2.33. The van der Waals surface area contributed by atoms with Crippen LogP contribution in [0.4, 0.5) is 0 Å². The molecule has 7 nitrogen and oxygen atoms in total. The number of aryl methyl sites for hydroxylation is 1. The molecule has 156 valence electrons. The van der Waals surface area contributed by atoms with Gasteiger partial charge in [-0.25, -0.2) is 4.68 Å². The van der Waals surface area contributed by atoms with Crippen molar-refractivity contribution in [3.63, 3.8) is 0 Å². The van der Waals surface area contributed by atoms with Crippen molar-refractivity contribution in [3.8, 4) is 0 Å². The van der Waals surface area contributed by atoms with Crippen LogP contribution in [-0.4, -0.2) is 40.3 Å². The lowest BCUT2D eigenvalue weighted by molar-refractivity contribution is -0.117. The molecule has 0 bridgehead atoms. The number of rotatable bonds is 5. The van der Waals surface area contributed by atoms with Crippen LogP contribution in [0, 0.1) is 6.92 Å². The topological polar surface area (TPSA) is 76.5 Å². The Morgan fingerprint density at radius 3 is 2.83 bits per heavy atom. The van der Waals surface area contributed by atoms with Crippen LogP contribution < -0.4 is 10.3 Å². The summed E-state index contributed by atoms with van der Waals surface area (Å²) >= 11 is 13.2. The van der Waals surface area contributed by atoms with Gasteiger partial charge in [-0.15, -0.1) is 0 Å². The molecule has 1 amide bonds. The molecule has 0 radical (unpaired) electrons. The number of nitrogens with one attached hydrogen (secondary N) is 1. The number of benzene rings is 1. The van der Waals surface area contributed by atoms with Gasteiger partial charge in [-0.2, -0.15) is 5.10 Å². The maximum absolute atomic E-state index is 12.8. The van der Waals surface area contributed by atoms with Crippen molar-refractivity contribution in [1.29, 1.82) is 0 Å². The van der Waals surface area contributed by atoms with Crippen LogP contribution in [0.1, 0.15) is 29.7 Å². The number of carbonyl (C=O) groups excluding carboxylic acids is 1. The van der Waals surface area contributed by atoms with Crippen LogP contribution in [0.3, 0.4) is 0 Å². The van der Waals surface area contributed by atoms with Crippen LogP contribution in [0.15, 0.2) is 28.0 Å². The van der Waals surface area contributed by atoms with E-state index < -0.39 is 0 Å². The number of ether oxygens (including phenoxy) is 1. The molecule has 1 saturated heterocycles. The first-order valence-electron chi connectivity index (χ1n) is 9.05. The summed E-state index contributed by atoms with van der Waals surface area (Å²) in [6, 6.07) is 5.58. The second kappa shape index (κ2) is 9.49. The van der Waals surface area contributed by atoms with Gasteiger partial charge in [0.15, 0.2) is 0 Å². The van der Waals surface area contributed by atoms with Crippen molar-refractivity contribution in [2.75, 3.05) is 19.7 Å². The molecule has 1 N–H and O–H groups in total. The Morgan fingerprint density at radius 1 is 1.38 bits per heavy atom. The highest BCUT2D eigenvalue weighted by molar-refractivity contribution is 7.97. The van der Waals surface area contributed by atoms with E-state index >= 15 is 0 Å². The van der Waals surface area contributed by atoms with Crippen LogP contribution in [0.5, 0.6) is 0 Å². The molecular weight excluding hydrogens is 435 g/mol. The fraction of sp³-hybridized carbons (Fsp3) is 0.421. The highest BCUT2D eigenvalue weighted by atomic mass is 35.5. The van der Waals surface area contributed by atoms with Crippen LogP contribution in [0.25, 0.3) is 0 Å². The van der Waals surface area contributed by atoms with Crippen LogP contribution >= 0.6 is 35.1 Å². The van der Waals surface area contributed by atoms with E-state index in [0.29, 0.717) is 45.9 Å². The summed E-state index contributed by atoms with van der Waals surface area (Å²) in [7, 11) is 1.60. The predicted octanol–water partition coefficient (Wildman–Crippen LogP) is 3.11. The predicted molar refractivity (Wildman–Crippen MR) is 114 cm³/mol. The van der Waals surface area contributed by atoms with E-state index in [9.17, 15) is 9.59 Å². The van der Waals surface area contributed by atoms with Gasteiger partial charge in [-0.1, -0.05) is 29.3 Å². The van der Waals surface area contributed by atoms with Crippen molar-refractivity contribution in [2.24, 2.45) is 7.05 Å². The Kier molecular flexibility index (Phi) is 7.23. The second-order valence-corrected chi connectivity index (χ2v) is 8.49. The second-order valence-electron chi connectivity index (χ2n) is 6.88. The molecule has 1 aromatic heterocycles. The number of amides is 1. The molecule has 1 atom stereocenters. The third-order valence-corrected chi connectivity index (χ3v) is 6.35. The molecule has 0 aliphatic carbocycles. The van der Waals surface area contributed by atoms with Gasteiger partial charge in [-0.3, -0.25) is 19.2 Å². The molecular formula is C19H22Cl2N4O3S. The highest BCUT2D eigenvalue weighted by Gasteiger charge is 2.28. The summed E-state index contributed by atoms with van der Waals surface area (Å²) in [5, 5.41) is 5.88. The summed E-state index contributed by atoms with van der Waals surface area (Å²) in [4.78, 5) is 26.3. The fourth-order valence-corrected chi connectivity index (χ4v) is 4.21. The Morgan fingerprint density at radius 2 is 2.14 bits per heavy atom. The van der Waals surface area contributed by atoms with Gasteiger partial charge < -0.3 is 4.74 Å². The number of hydrogen-bond acceptors (Lipinski definition) is 6. The Bertz CT molecular complexity index is 983.